The Kier molecular flexibility index (Phi) is 9.64. The van der Waals surface area contributed by atoms with Gasteiger partial charge in [-0.3, -0.25) is 14.9 Å². The zero-order valence-electron chi connectivity index (χ0n) is 18.1. The second-order valence-corrected chi connectivity index (χ2v) is 8.87. The van der Waals surface area contributed by atoms with Crippen LogP contribution in [0.1, 0.15) is 38.5 Å². The predicted molar refractivity (Wildman–Crippen MR) is 115 cm³/mol. The summed E-state index contributed by atoms with van der Waals surface area (Å²) in [4.78, 5) is 24.6. The second kappa shape index (κ2) is 12.4. The first-order valence-corrected chi connectivity index (χ1v) is 11.5. The van der Waals surface area contributed by atoms with Crippen molar-refractivity contribution in [2.75, 3.05) is 19.7 Å². The summed E-state index contributed by atoms with van der Waals surface area (Å²) in [6.45, 7) is -2.02. The van der Waals surface area contributed by atoms with Crippen molar-refractivity contribution in [3.63, 3.8) is 0 Å². The lowest BCUT2D eigenvalue weighted by Gasteiger charge is -2.31. The van der Waals surface area contributed by atoms with Crippen molar-refractivity contribution in [3.05, 3.63) is 29.0 Å². The number of alkyl halides is 2. The van der Waals surface area contributed by atoms with E-state index in [2.05, 4.69) is 20.7 Å². The van der Waals surface area contributed by atoms with Crippen LogP contribution in [0.3, 0.4) is 0 Å². The number of benzene rings is 1. The first kappa shape index (κ1) is 25.6. The lowest BCUT2D eigenvalue weighted by Crippen LogP contribution is -2.46. The van der Waals surface area contributed by atoms with E-state index < -0.39 is 18.7 Å². The van der Waals surface area contributed by atoms with E-state index in [-0.39, 0.29) is 47.1 Å². The number of amides is 2. The van der Waals surface area contributed by atoms with Gasteiger partial charge in [-0.15, -0.1) is 0 Å². The second-order valence-electron chi connectivity index (χ2n) is 8.46. The number of halogens is 4. The molecule has 3 N–H and O–H groups in total. The Labute approximate surface area is 195 Å². The van der Waals surface area contributed by atoms with Crippen LogP contribution in [0.5, 0.6) is 5.75 Å². The highest BCUT2D eigenvalue weighted by Crippen LogP contribution is 2.25. The van der Waals surface area contributed by atoms with Crippen molar-refractivity contribution >= 4 is 23.4 Å². The van der Waals surface area contributed by atoms with Gasteiger partial charge in [0, 0.05) is 31.1 Å². The molecule has 1 saturated heterocycles. The van der Waals surface area contributed by atoms with Crippen LogP contribution in [0.2, 0.25) is 5.02 Å². The molecule has 1 heterocycles. The number of carbonyl (C=O) groups excluding carboxylic acids is 2. The van der Waals surface area contributed by atoms with Crippen LogP contribution in [-0.4, -0.2) is 50.4 Å². The molecule has 2 aliphatic rings. The first-order valence-electron chi connectivity index (χ1n) is 11.1. The SMILES string of the molecule is O=C(COc1ccc(Cl)c(F)c1)NC1CCC(C(=O)NCC2CCC(OC(F)F)NC2)CC1. The molecule has 7 nitrogen and oxygen atoms in total. The molecule has 0 radical (unpaired) electrons. The van der Waals surface area contributed by atoms with E-state index >= 15 is 0 Å². The molecule has 2 atom stereocenters. The number of piperidine rings is 1. The molecule has 0 bridgehead atoms. The van der Waals surface area contributed by atoms with Crippen molar-refractivity contribution in [2.24, 2.45) is 11.8 Å². The zero-order chi connectivity index (χ0) is 23.8. The third kappa shape index (κ3) is 8.35. The van der Waals surface area contributed by atoms with Crippen LogP contribution in [0.25, 0.3) is 0 Å². The molecule has 11 heteroatoms. The van der Waals surface area contributed by atoms with E-state index in [9.17, 15) is 22.8 Å². The van der Waals surface area contributed by atoms with Crippen LogP contribution < -0.4 is 20.7 Å². The van der Waals surface area contributed by atoms with Crippen LogP contribution in [0, 0.1) is 17.7 Å². The third-order valence-electron chi connectivity index (χ3n) is 6.03. The number of nitrogens with one attached hydrogen (secondary N) is 3. The number of rotatable bonds is 9. The average molecular weight is 492 g/mol. The summed E-state index contributed by atoms with van der Waals surface area (Å²) in [5.41, 5.74) is 0. The van der Waals surface area contributed by atoms with E-state index in [0.717, 1.165) is 6.07 Å². The topological polar surface area (TPSA) is 88.7 Å². The number of hydrogen-bond acceptors (Lipinski definition) is 5. The van der Waals surface area contributed by atoms with E-state index in [1.54, 1.807) is 0 Å². The molecule has 1 aliphatic carbocycles. The molecule has 0 aromatic heterocycles. The normalized spacial score (nSPS) is 25.5. The highest BCUT2D eigenvalue weighted by molar-refractivity contribution is 6.30. The molecule has 1 aromatic rings. The van der Waals surface area contributed by atoms with Gasteiger partial charge in [0.25, 0.3) is 5.91 Å². The number of hydrogen-bond donors (Lipinski definition) is 3. The van der Waals surface area contributed by atoms with Crippen molar-refractivity contribution < 1.29 is 32.2 Å². The largest absolute Gasteiger partial charge is 0.484 e. The molecule has 184 valence electrons. The lowest BCUT2D eigenvalue weighted by molar-refractivity contribution is -0.178. The van der Waals surface area contributed by atoms with Gasteiger partial charge < -0.3 is 20.1 Å². The van der Waals surface area contributed by atoms with E-state index in [1.165, 1.54) is 12.1 Å². The van der Waals surface area contributed by atoms with E-state index in [0.29, 0.717) is 51.6 Å². The standard InChI is InChI=1S/C22H29ClF3N3O4/c23-17-7-6-16(9-18(17)24)32-12-19(30)29-15-4-2-14(3-5-15)21(31)28-11-13-1-8-20(27-10-13)33-22(25)26/h6-7,9,13-15,20,22,27H,1-5,8,10-12H2,(H,28,31)(H,29,30). The van der Waals surface area contributed by atoms with Gasteiger partial charge in [-0.25, -0.2) is 4.39 Å². The molecule has 3 rings (SSSR count). The molecule has 1 aliphatic heterocycles. The smallest absolute Gasteiger partial charge is 0.346 e. The lowest BCUT2D eigenvalue weighted by atomic mass is 9.85. The van der Waals surface area contributed by atoms with Crippen LogP contribution in [-0.2, 0) is 14.3 Å². The van der Waals surface area contributed by atoms with Crippen molar-refractivity contribution in [1.82, 2.24) is 16.0 Å². The highest BCUT2D eigenvalue weighted by Gasteiger charge is 2.28. The highest BCUT2D eigenvalue weighted by atomic mass is 35.5. The Hall–Kier alpha value is -2.04. The first-order chi connectivity index (χ1) is 15.8. The molecule has 2 unspecified atom stereocenters. The fourth-order valence-corrected chi connectivity index (χ4v) is 4.30. The van der Waals surface area contributed by atoms with Crippen LogP contribution in [0.4, 0.5) is 13.2 Å². The molecule has 2 amide bonds. The molecule has 0 spiro atoms. The molecule has 1 saturated carbocycles. The molecular formula is C22H29ClF3N3O4. The average Bonchev–Trinajstić information content (AvgIpc) is 2.79. The molecular weight excluding hydrogens is 463 g/mol. The summed E-state index contributed by atoms with van der Waals surface area (Å²) in [6.07, 6.45) is 3.22. The Morgan fingerprint density at radius 3 is 2.55 bits per heavy atom. The van der Waals surface area contributed by atoms with Gasteiger partial charge in [0.2, 0.25) is 5.91 Å². The van der Waals surface area contributed by atoms with Gasteiger partial charge in [-0.1, -0.05) is 11.6 Å². The Balaban J connectivity index is 1.29. The van der Waals surface area contributed by atoms with Crippen molar-refractivity contribution in [2.45, 2.75) is 57.4 Å². The fourth-order valence-electron chi connectivity index (χ4n) is 4.18. The van der Waals surface area contributed by atoms with Crippen molar-refractivity contribution in [1.29, 1.82) is 0 Å². The minimum absolute atomic E-state index is 0.0150. The zero-order valence-corrected chi connectivity index (χ0v) is 18.9. The monoisotopic (exact) mass is 491 g/mol. The number of ether oxygens (including phenoxy) is 2. The van der Waals surface area contributed by atoms with Gasteiger partial charge in [0.15, 0.2) is 6.61 Å². The summed E-state index contributed by atoms with van der Waals surface area (Å²) in [6, 6.07) is 3.93. The summed E-state index contributed by atoms with van der Waals surface area (Å²) in [7, 11) is 0. The van der Waals surface area contributed by atoms with E-state index in [4.69, 9.17) is 16.3 Å². The van der Waals surface area contributed by atoms with Crippen molar-refractivity contribution in [3.8, 4) is 5.75 Å². The summed E-state index contributed by atoms with van der Waals surface area (Å²) in [5.74, 6) is -0.654. The van der Waals surface area contributed by atoms with Gasteiger partial charge in [0.05, 0.1) is 5.02 Å². The number of carbonyl (C=O) groups is 2. The van der Waals surface area contributed by atoms with Crippen LogP contribution >= 0.6 is 11.6 Å². The maximum absolute atomic E-state index is 13.4. The van der Waals surface area contributed by atoms with Crippen LogP contribution in [0.15, 0.2) is 18.2 Å². The third-order valence-corrected chi connectivity index (χ3v) is 6.33. The summed E-state index contributed by atoms with van der Waals surface area (Å²) in [5, 5.41) is 8.76. The molecule has 2 fully saturated rings. The van der Waals surface area contributed by atoms with E-state index in [1.807, 2.05) is 0 Å². The minimum atomic E-state index is -2.79. The quantitative estimate of drug-likeness (QED) is 0.493. The maximum atomic E-state index is 13.4. The van der Waals surface area contributed by atoms with Gasteiger partial charge in [-0.2, -0.15) is 8.78 Å². The molecule has 1 aromatic carbocycles. The minimum Gasteiger partial charge on any atom is -0.484 e. The summed E-state index contributed by atoms with van der Waals surface area (Å²) >= 11 is 5.62. The Morgan fingerprint density at radius 2 is 1.91 bits per heavy atom. The fraction of sp³-hybridized carbons (Fsp3) is 0.636. The van der Waals surface area contributed by atoms with Gasteiger partial charge in [0.1, 0.15) is 17.8 Å². The van der Waals surface area contributed by atoms with Gasteiger partial charge in [-0.05, 0) is 56.6 Å². The molecule has 33 heavy (non-hydrogen) atoms. The van der Waals surface area contributed by atoms with Gasteiger partial charge >= 0.3 is 6.61 Å². The Morgan fingerprint density at radius 1 is 1.15 bits per heavy atom. The summed E-state index contributed by atoms with van der Waals surface area (Å²) < 4.78 is 47.7. The predicted octanol–water partition coefficient (Wildman–Crippen LogP) is 3.21. The Bertz CT molecular complexity index is 801. The maximum Gasteiger partial charge on any atom is 0.346 e.